The Balaban J connectivity index is 2.17. The van der Waals surface area contributed by atoms with E-state index < -0.39 is 51.8 Å². The standard InChI is InChI=1S/C22H24F5NO4S/c1-3-20(12-18(29)21(23,24)22(25,26)27)13-33(30,31)17-11-15(32-2)9-10-16(17)19(28-20)14-7-5-4-6-8-14/h4-11,18-19,28-29H,3,12-13H2,1-2H3/t18?,19-,20-/m0/s1. The average molecular weight is 493 g/mol. The molecule has 0 spiro atoms. The molecule has 0 radical (unpaired) electrons. The quantitative estimate of drug-likeness (QED) is 0.589. The lowest BCUT2D eigenvalue weighted by Gasteiger charge is -2.38. The first-order chi connectivity index (χ1) is 15.3. The Morgan fingerprint density at radius 2 is 1.79 bits per heavy atom. The summed E-state index contributed by atoms with van der Waals surface area (Å²) in [6.45, 7) is 1.47. The fraction of sp³-hybridized carbons (Fsp3) is 0.455. The summed E-state index contributed by atoms with van der Waals surface area (Å²) >= 11 is 0. The van der Waals surface area contributed by atoms with Crippen molar-refractivity contribution in [1.29, 1.82) is 0 Å². The number of hydrogen-bond donors (Lipinski definition) is 2. The number of nitrogens with one attached hydrogen (secondary N) is 1. The van der Waals surface area contributed by atoms with Crippen LogP contribution >= 0.6 is 0 Å². The number of hydrogen-bond acceptors (Lipinski definition) is 5. The SMILES string of the molecule is CC[C@]1(CC(O)C(F)(F)C(F)(F)F)CS(=O)(=O)c2cc(OC)ccc2[C@H](c2ccccc2)N1. The summed E-state index contributed by atoms with van der Waals surface area (Å²) in [6, 6.07) is 12.0. The number of ether oxygens (including phenoxy) is 1. The highest BCUT2D eigenvalue weighted by Gasteiger charge is 2.63. The van der Waals surface area contributed by atoms with Gasteiger partial charge in [0.2, 0.25) is 0 Å². The van der Waals surface area contributed by atoms with Crippen molar-refractivity contribution in [2.45, 2.75) is 54.4 Å². The summed E-state index contributed by atoms with van der Waals surface area (Å²) in [5.41, 5.74) is -0.898. The lowest BCUT2D eigenvalue weighted by Crippen LogP contribution is -2.57. The maximum Gasteiger partial charge on any atom is 0.456 e. The van der Waals surface area contributed by atoms with Crippen molar-refractivity contribution < 1.29 is 40.2 Å². The maximum absolute atomic E-state index is 13.9. The molecule has 1 heterocycles. The first-order valence-corrected chi connectivity index (χ1v) is 11.8. The topological polar surface area (TPSA) is 75.6 Å². The second kappa shape index (κ2) is 8.84. The fourth-order valence-electron chi connectivity index (χ4n) is 4.08. The Hall–Kier alpha value is -2.24. The molecule has 1 unspecified atom stereocenters. The van der Waals surface area contributed by atoms with Crippen LogP contribution in [0.2, 0.25) is 0 Å². The van der Waals surface area contributed by atoms with Gasteiger partial charge in [-0.25, -0.2) is 8.42 Å². The van der Waals surface area contributed by atoms with Crippen molar-refractivity contribution in [3.63, 3.8) is 0 Å². The summed E-state index contributed by atoms with van der Waals surface area (Å²) in [5, 5.41) is 13.0. The first kappa shape index (κ1) is 25.4. The van der Waals surface area contributed by atoms with E-state index in [4.69, 9.17) is 4.74 Å². The molecule has 3 rings (SSSR count). The van der Waals surface area contributed by atoms with Gasteiger partial charge in [-0.3, -0.25) is 5.32 Å². The van der Waals surface area contributed by atoms with Crippen LogP contribution in [0.1, 0.15) is 36.9 Å². The molecule has 0 aromatic heterocycles. The molecule has 2 aromatic rings. The number of halogens is 5. The predicted molar refractivity (Wildman–Crippen MR) is 111 cm³/mol. The molecule has 0 aliphatic carbocycles. The number of fused-ring (bicyclic) bond motifs is 1. The molecule has 0 fully saturated rings. The van der Waals surface area contributed by atoms with Gasteiger partial charge < -0.3 is 9.84 Å². The van der Waals surface area contributed by atoms with Crippen LogP contribution in [-0.4, -0.2) is 50.1 Å². The first-order valence-electron chi connectivity index (χ1n) is 10.1. The second-order valence-corrected chi connectivity index (χ2v) is 10.1. The number of methoxy groups -OCH3 is 1. The van der Waals surface area contributed by atoms with Crippen LogP contribution in [-0.2, 0) is 9.84 Å². The van der Waals surface area contributed by atoms with Crippen LogP contribution in [0, 0.1) is 0 Å². The van der Waals surface area contributed by atoms with E-state index in [-0.39, 0.29) is 17.1 Å². The summed E-state index contributed by atoms with van der Waals surface area (Å²) < 4.78 is 98.3. The molecule has 182 valence electrons. The third-order valence-corrected chi connectivity index (χ3v) is 7.93. The third kappa shape index (κ3) is 4.85. The molecule has 11 heteroatoms. The van der Waals surface area contributed by atoms with E-state index in [2.05, 4.69) is 5.32 Å². The lowest BCUT2D eigenvalue weighted by atomic mass is 9.86. The van der Waals surface area contributed by atoms with Crippen LogP contribution in [0.5, 0.6) is 5.75 Å². The van der Waals surface area contributed by atoms with Gasteiger partial charge >= 0.3 is 12.1 Å². The van der Waals surface area contributed by atoms with Crippen LogP contribution in [0.15, 0.2) is 53.4 Å². The molecule has 0 amide bonds. The zero-order valence-corrected chi connectivity index (χ0v) is 18.7. The molecule has 2 N–H and O–H groups in total. The molecular weight excluding hydrogens is 469 g/mol. The normalized spacial score (nSPS) is 23.9. The van der Waals surface area contributed by atoms with E-state index in [1.807, 2.05) is 0 Å². The van der Waals surface area contributed by atoms with Gasteiger partial charge in [-0.2, -0.15) is 22.0 Å². The molecule has 0 saturated carbocycles. The summed E-state index contributed by atoms with van der Waals surface area (Å²) in [4.78, 5) is -0.115. The van der Waals surface area contributed by atoms with Gasteiger partial charge in [0, 0.05) is 5.54 Å². The molecule has 3 atom stereocenters. The highest BCUT2D eigenvalue weighted by molar-refractivity contribution is 7.91. The van der Waals surface area contributed by atoms with Crippen LogP contribution in [0.3, 0.4) is 0 Å². The van der Waals surface area contributed by atoms with E-state index in [0.717, 1.165) is 0 Å². The highest BCUT2D eigenvalue weighted by Crippen LogP contribution is 2.44. The molecule has 1 aliphatic heterocycles. The molecule has 2 aromatic carbocycles. The van der Waals surface area contributed by atoms with E-state index in [1.54, 1.807) is 30.3 Å². The third-order valence-electron chi connectivity index (χ3n) is 5.97. The van der Waals surface area contributed by atoms with Crippen molar-refractivity contribution in [2.24, 2.45) is 0 Å². The fourth-order valence-corrected chi connectivity index (χ4v) is 6.21. The Kier molecular flexibility index (Phi) is 6.80. The number of aliphatic hydroxyl groups is 1. The lowest BCUT2D eigenvalue weighted by molar-refractivity contribution is -0.315. The van der Waals surface area contributed by atoms with Gasteiger partial charge in [0.25, 0.3) is 0 Å². The van der Waals surface area contributed by atoms with Crippen molar-refractivity contribution in [3.05, 3.63) is 59.7 Å². The van der Waals surface area contributed by atoms with Gasteiger partial charge in [0.05, 0.1) is 23.8 Å². The molecule has 0 bridgehead atoms. The Morgan fingerprint density at radius 3 is 2.33 bits per heavy atom. The Labute approximate surface area is 188 Å². The number of rotatable bonds is 6. The Morgan fingerprint density at radius 1 is 1.15 bits per heavy atom. The molecule has 5 nitrogen and oxygen atoms in total. The van der Waals surface area contributed by atoms with Gasteiger partial charge in [-0.05, 0) is 36.1 Å². The van der Waals surface area contributed by atoms with Crippen LogP contribution in [0.25, 0.3) is 0 Å². The van der Waals surface area contributed by atoms with Crippen LogP contribution < -0.4 is 10.1 Å². The highest BCUT2D eigenvalue weighted by atomic mass is 32.2. The zero-order chi connectivity index (χ0) is 24.7. The average Bonchev–Trinajstić information content (AvgIpc) is 2.85. The smallest absolute Gasteiger partial charge is 0.456 e. The van der Waals surface area contributed by atoms with Crippen LogP contribution in [0.4, 0.5) is 22.0 Å². The number of alkyl halides is 5. The van der Waals surface area contributed by atoms with Crippen molar-refractivity contribution in [1.82, 2.24) is 5.32 Å². The largest absolute Gasteiger partial charge is 0.497 e. The van der Waals surface area contributed by atoms with Gasteiger partial charge in [0.1, 0.15) is 11.9 Å². The van der Waals surface area contributed by atoms with Gasteiger partial charge in [-0.15, -0.1) is 0 Å². The molecular formula is C22H24F5NO4S. The van der Waals surface area contributed by atoms with E-state index >= 15 is 0 Å². The molecule has 0 saturated heterocycles. The summed E-state index contributed by atoms with van der Waals surface area (Å²) in [6.07, 6.45) is -10.4. The second-order valence-electron chi connectivity index (χ2n) is 8.13. The predicted octanol–water partition coefficient (Wildman–Crippen LogP) is 4.26. The number of aliphatic hydroxyl groups excluding tert-OH is 1. The minimum atomic E-state index is -5.99. The van der Waals surface area contributed by atoms with E-state index in [1.165, 1.54) is 32.2 Å². The van der Waals surface area contributed by atoms with Crippen molar-refractivity contribution in [3.8, 4) is 5.75 Å². The van der Waals surface area contributed by atoms with E-state index in [0.29, 0.717) is 11.1 Å². The van der Waals surface area contributed by atoms with Gasteiger partial charge in [0.15, 0.2) is 9.84 Å². The van der Waals surface area contributed by atoms with Gasteiger partial charge in [-0.1, -0.05) is 43.3 Å². The summed E-state index contributed by atoms with van der Waals surface area (Å²) in [5.74, 6) is -5.95. The van der Waals surface area contributed by atoms with E-state index in [9.17, 15) is 35.5 Å². The number of benzene rings is 2. The molecule has 33 heavy (non-hydrogen) atoms. The maximum atomic E-state index is 13.9. The monoisotopic (exact) mass is 493 g/mol. The Bertz CT molecular complexity index is 1090. The van der Waals surface area contributed by atoms with Crippen molar-refractivity contribution in [2.75, 3.05) is 12.9 Å². The summed E-state index contributed by atoms with van der Waals surface area (Å²) in [7, 11) is -2.83. The zero-order valence-electron chi connectivity index (χ0n) is 17.9. The number of sulfone groups is 1. The minimum absolute atomic E-state index is 0.115. The van der Waals surface area contributed by atoms with Crippen molar-refractivity contribution >= 4 is 9.84 Å². The molecule has 1 aliphatic rings. The minimum Gasteiger partial charge on any atom is -0.497 e.